The molecule has 0 spiro atoms. The summed E-state index contributed by atoms with van der Waals surface area (Å²) in [4.78, 5) is 0. The molecule has 0 aliphatic heterocycles. The van der Waals surface area contributed by atoms with Crippen LogP contribution in [0.3, 0.4) is 0 Å². The molecule has 2 unspecified atom stereocenters. The Kier molecular flexibility index (Phi) is 5.62. The van der Waals surface area contributed by atoms with Gasteiger partial charge in [0.15, 0.2) is 0 Å². The van der Waals surface area contributed by atoms with E-state index in [1.54, 1.807) is 7.11 Å². The van der Waals surface area contributed by atoms with Crippen LogP contribution >= 0.6 is 0 Å². The molecular weight excluding hydrogens is 216 g/mol. The molecule has 3 nitrogen and oxygen atoms in total. The molecule has 96 valence electrons. The van der Waals surface area contributed by atoms with Crippen LogP contribution in [0.1, 0.15) is 29.7 Å². The van der Waals surface area contributed by atoms with Crippen LogP contribution in [0.5, 0.6) is 0 Å². The minimum atomic E-state index is -0.576. The fourth-order valence-corrected chi connectivity index (χ4v) is 1.84. The van der Waals surface area contributed by atoms with Gasteiger partial charge in [0.05, 0.1) is 19.3 Å². The molecule has 0 aromatic heterocycles. The molecule has 0 saturated carbocycles. The number of rotatable bonds is 6. The first-order chi connectivity index (χ1) is 8.02. The Morgan fingerprint density at radius 3 is 2.24 bits per heavy atom. The van der Waals surface area contributed by atoms with Crippen molar-refractivity contribution >= 4 is 0 Å². The number of hydrogen-bond donors (Lipinski definition) is 1. The van der Waals surface area contributed by atoms with Gasteiger partial charge in [-0.2, -0.15) is 0 Å². The molecule has 0 amide bonds. The summed E-state index contributed by atoms with van der Waals surface area (Å²) < 4.78 is 10.5. The summed E-state index contributed by atoms with van der Waals surface area (Å²) in [7, 11) is 1.64. The summed E-state index contributed by atoms with van der Waals surface area (Å²) >= 11 is 0. The molecule has 1 aromatic rings. The van der Waals surface area contributed by atoms with Gasteiger partial charge in [-0.25, -0.2) is 0 Å². The average Bonchev–Trinajstić information content (AvgIpc) is 2.25. The summed E-state index contributed by atoms with van der Waals surface area (Å²) in [5.41, 5.74) is 3.22. The van der Waals surface area contributed by atoms with Crippen molar-refractivity contribution < 1.29 is 14.6 Å². The predicted molar refractivity (Wildman–Crippen MR) is 68.2 cm³/mol. The first-order valence-electron chi connectivity index (χ1n) is 5.89. The van der Waals surface area contributed by atoms with Crippen LogP contribution in [0.2, 0.25) is 0 Å². The van der Waals surface area contributed by atoms with E-state index >= 15 is 0 Å². The maximum atomic E-state index is 10.0. The summed E-state index contributed by atoms with van der Waals surface area (Å²) in [6, 6.07) is 6.06. The lowest BCUT2D eigenvalue weighted by atomic mass is 10.0. The van der Waals surface area contributed by atoms with Gasteiger partial charge >= 0.3 is 0 Å². The van der Waals surface area contributed by atoms with Crippen LogP contribution in [-0.2, 0) is 9.47 Å². The van der Waals surface area contributed by atoms with Gasteiger partial charge in [0.1, 0.15) is 6.10 Å². The van der Waals surface area contributed by atoms with Crippen molar-refractivity contribution in [1.29, 1.82) is 0 Å². The highest BCUT2D eigenvalue weighted by molar-refractivity contribution is 5.29. The third-order valence-corrected chi connectivity index (χ3v) is 2.57. The van der Waals surface area contributed by atoms with E-state index in [2.05, 4.69) is 6.07 Å². The van der Waals surface area contributed by atoms with Gasteiger partial charge in [-0.1, -0.05) is 29.3 Å². The van der Waals surface area contributed by atoms with Gasteiger partial charge in [-0.05, 0) is 26.3 Å². The maximum absolute atomic E-state index is 10.0. The molecule has 2 atom stereocenters. The number of methoxy groups -OCH3 is 1. The molecule has 0 bridgehead atoms. The van der Waals surface area contributed by atoms with Crippen LogP contribution in [0.4, 0.5) is 0 Å². The summed E-state index contributed by atoms with van der Waals surface area (Å²) in [5, 5.41) is 10.0. The fourth-order valence-electron chi connectivity index (χ4n) is 1.84. The second-order valence-electron chi connectivity index (χ2n) is 4.54. The highest BCUT2D eigenvalue weighted by Gasteiger charge is 2.11. The lowest BCUT2D eigenvalue weighted by Gasteiger charge is -2.17. The Labute approximate surface area is 103 Å². The second-order valence-corrected chi connectivity index (χ2v) is 4.54. The number of hydrogen-bond acceptors (Lipinski definition) is 3. The molecular formula is C14H22O3. The zero-order valence-electron chi connectivity index (χ0n) is 11.1. The number of aliphatic hydroxyl groups excluding tert-OH is 1. The Bertz CT molecular complexity index is 329. The third kappa shape index (κ3) is 4.86. The summed E-state index contributed by atoms with van der Waals surface area (Å²) in [5.74, 6) is 0. The molecule has 17 heavy (non-hydrogen) atoms. The smallest absolute Gasteiger partial charge is 0.102 e. The highest BCUT2D eigenvalue weighted by Crippen LogP contribution is 2.17. The predicted octanol–water partition coefficient (Wildman–Crippen LogP) is 2.39. The van der Waals surface area contributed by atoms with Crippen molar-refractivity contribution in [3.05, 3.63) is 34.9 Å². The van der Waals surface area contributed by atoms with Gasteiger partial charge in [-0.3, -0.25) is 0 Å². The van der Waals surface area contributed by atoms with Gasteiger partial charge < -0.3 is 14.6 Å². The molecule has 1 aromatic carbocycles. The minimum absolute atomic E-state index is 0.000515. The normalized spacial score (nSPS) is 14.6. The average molecular weight is 238 g/mol. The molecule has 0 fully saturated rings. The van der Waals surface area contributed by atoms with E-state index in [0.717, 1.165) is 16.7 Å². The SMILES string of the molecule is COCC(C)OCC(O)c1cc(C)cc(C)c1. The van der Waals surface area contributed by atoms with Crippen molar-refractivity contribution in [1.82, 2.24) is 0 Å². The lowest BCUT2D eigenvalue weighted by Crippen LogP contribution is -2.19. The standard InChI is InChI=1S/C14H22O3/c1-10-5-11(2)7-13(6-10)14(15)9-17-12(3)8-16-4/h5-7,12,14-15H,8-9H2,1-4H3. The van der Waals surface area contributed by atoms with E-state index < -0.39 is 6.10 Å². The van der Waals surface area contributed by atoms with Crippen LogP contribution < -0.4 is 0 Å². The zero-order chi connectivity index (χ0) is 12.8. The van der Waals surface area contributed by atoms with E-state index in [9.17, 15) is 5.11 Å². The lowest BCUT2D eigenvalue weighted by molar-refractivity contribution is -0.0325. The van der Waals surface area contributed by atoms with Crippen molar-refractivity contribution in [3.63, 3.8) is 0 Å². The summed E-state index contributed by atoms with van der Waals surface area (Å²) in [6.45, 7) is 6.82. The first-order valence-corrected chi connectivity index (χ1v) is 5.89. The van der Waals surface area contributed by atoms with Crippen LogP contribution in [0.25, 0.3) is 0 Å². The largest absolute Gasteiger partial charge is 0.386 e. The van der Waals surface area contributed by atoms with Gasteiger partial charge in [0, 0.05) is 7.11 Å². The van der Waals surface area contributed by atoms with Crippen molar-refractivity contribution in [2.75, 3.05) is 20.3 Å². The summed E-state index contributed by atoms with van der Waals surface area (Å²) in [6.07, 6.45) is -0.575. The topological polar surface area (TPSA) is 38.7 Å². The number of ether oxygens (including phenoxy) is 2. The fraction of sp³-hybridized carbons (Fsp3) is 0.571. The van der Waals surface area contributed by atoms with Crippen molar-refractivity contribution in [3.8, 4) is 0 Å². The molecule has 1 rings (SSSR count). The Balaban J connectivity index is 2.54. The van der Waals surface area contributed by atoms with E-state index in [1.165, 1.54) is 0 Å². The molecule has 0 aliphatic carbocycles. The highest BCUT2D eigenvalue weighted by atomic mass is 16.5. The second kappa shape index (κ2) is 6.74. The van der Waals surface area contributed by atoms with Gasteiger partial charge in [0.25, 0.3) is 0 Å². The number of aryl methyl sites for hydroxylation is 2. The molecule has 0 radical (unpaired) electrons. The minimum Gasteiger partial charge on any atom is -0.386 e. The van der Waals surface area contributed by atoms with Crippen LogP contribution in [-0.4, -0.2) is 31.5 Å². The van der Waals surface area contributed by atoms with Gasteiger partial charge in [-0.15, -0.1) is 0 Å². The quantitative estimate of drug-likeness (QED) is 0.827. The first kappa shape index (κ1) is 14.2. The Hall–Kier alpha value is -0.900. The number of benzene rings is 1. The zero-order valence-corrected chi connectivity index (χ0v) is 11.1. The van der Waals surface area contributed by atoms with Crippen LogP contribution in [0, 0.1) is 13.8 Å². The molecule has 0 aliphatic rings. The number of aliphatic hydroxyl groups is 1. The Morgan fingerprint density at radius 2 is 1.71 bits per heavy atom. The monoisotopic (exact) mass is 238 g/mol. The molecule has 0 heterocycles. The molecule has 3 heteroatoms. The van der Waals surface area contributed by atoms with E-state index in [1.807, 2.05) is 32.9 Å². The third-order valence-electron chi connectivity index (χ3n) is 2.57. The molecule has 0 saturated heterocycles. The van der Waals surface area contributed by atoms with Crippen LogP contribution in [0.15, 0.2) is 18.2 Å². The van der Waals surface area contributed by atoms with E-state index in [4.69, 9.17) is 9.47 Å². The van der Waals surface area contributed by atoms with E-state index in [0.29, 0.717) is 13.2 Å². The van der Waals surface area contributed by atoms with Gasteiger partial charge in [0.2, 0.25) is 0 Å². The Morgan fingerprint density at radius 1 is 1.12 bits per heavy atom. The van der Waals surface area contributed by atoms with E-state index in [-0.39, 0.29) is 6.10 Å². The van der Waals surface area contributed by atoms with Crippen molar-refractivity contribution in [2.24, 2.45) is 0 Å². The van der Waals surface area contributed by atoms with Crippen molar-refractivity contribution in [2.45, 2.75) is 33.0 Å². The maximum Gasteiger partial charge on any atom is 0.102 e. The molecule has 1 N–H and O–H groups in total.